The molecule has 1 saturated carbocycles. The number of anilines is 1. The lowest BCUT2D eigenvalue weighted by molar-refractivity contribution is -0.0337. The molecule has 0 amide bonds. The largest absolute Gasteiger partial charge is 0.370 e. The first-order chi connectivity index (χ1) is 16.5. The van der Waals surface area contributed by atoms with Crippen LogP contribution < -0.4 is 4.90 Å². The molecular formula is C27H33ClN4O2. The molecule has 6 nitrogen and oxygen atoms in total. The molecule has 7 heteroatoms. The molecule has 4 atom stereocenters. The molecule has 0 N–H and O–H groups in total. The van der Waals surface area contributed by atoms with E-state index in [1.807, 2.05) is 24.4 Å². The van der Waals surface area contributed by atoms with Crippen molar-refractivity contribution in [2.45, 2.75) is 76.9 Å². The summed E-state index contributed by atoms with van der Waals surface area (Å²) < 4.78 is 12.9. The van der Waals surface area contributed by atoms with Gasteiger partial charge in [0, 0.05) is 30.8 Å². The fourth-order valence-corrected chi connectivity index (χ4v) is 5.65. The maximum absolute atomic E-state index is 6.50. The van der Waals surface area contributed by atoms with Crippen LogP contribution >= 0.6 is 11.6 Å². The van der Waals surface area contributed by atoms with E-state index in [0.29, 0.717) is 12.6 Å². The Morgan fingerprint density at radius 1 is 1.15 bits per heavy atom. The summed E-state index contributed by atoms with van der Waals surface area (Å²) in [5.74, 6) is 1.07. The first-order valence-corrected chi connectivity index (χ1v) is 12.8. The third-order valence-electron chi connectivity index (χ3n) is 7.46. The Labute approximate surface area is 206 Å². The van der Waals surface area contributed by atoms with Crippen molar-refractivity contribution in [3.8, 4) is 0 Å². The van der Waals surface area contributed by atoms with Crippen LogP contribution in [0.15, 0.2) is 42.6 Å². The summed E-state index contributed by atoms with van der Waals surface area (Å²) in [5, 5.41) is 0.246. The molecule has 1 aromatic carbocycles. The Morgan fingerprint density at radius 3 is 2.65 bits per heavy atom. The number of nitrogens with zero attached hydrogens (tertiary/aromatic N) is 4. The summed E-state index contributed by atoms with van der Waals surface area (Å²) in [6.07, 6.45) is 7.56. The van der Waals surface area contributed by atoms with Crippen molar-refractivity contribution in [3.05, 3.63) is 59.0 Å². The first kappa shape index (κ1) is 23.5. The summed E-state index contributed by atoms with van der Waals surface area (Å²) in [6.45, 7) is 4.93. The maximum atomic E-state index is 6.50. The number of ether oxygens (including phenoxy) is 2. The average molecular weight is 481 g/mol. The van der Waals surface area contributed by atoms with Gasteiger partial charge in [0.1, 0.15) is 11.6 Å². The highest BCUT2D eigenvalue weighted by Gasteiger charge is 2.43. The van der Waals surface area contributed by atoms with E-state index in [-0.39, 0.29) is 29.5 Å². The monoisotopic (exact) mass is 480 g/mol. The Bertz CT molecular complexity index is 1120. The van der Waals surface area contributed by atoms with E-state index in [2.05, 4.69) is 54.0 Å². The summed E-state index contributed by atoms with van der Waals surface area (Å²) in [6, 6.07) is 12.8. The van der Waals surface area contributed by atoms with Gasteiger partial charge in [-0.25, -0.2) is 4.98 Å². The van der Waals surface area contributed by atoms with Crippen molar-refractivity contribution in [2.24, 2.45) is 5.92 Å². The molecular weight excluding hydrogens is 448 g/mol. The van der Waals surface area contributed by atoms with Gasteiger partial charge >= 0.3 is 0 Å². The minimum atomic E-state index is -0.203. The van der Waals surface area contributed by atoms with Crippen LogP contribution in [0, 0.1) is 5.92 Å². The number of benzene rings is 1. The number of hydrogen-bond acceptors (Lipinski definition) is 6. The molecule has 0 bridgehead atoms. The molecule has 1 aliphatic heterocycles. The van der Waals surface area contributed by atoms with Gasteiger partial charge in [0.15, 0.2) is 5.82 Å². The quantitative estimate of drug-likeness (QED) is 0.379. The maximum Gasteiger partial charge on any atom is 0.225 e. The zero-order chi connectivity index (χ0) is 23.7. The Morgan fingerprint density at radius 2 is 1.91 bits per heavy atom. The number of pyridine rings is 1. The molecule has 0 radical (unpaired) electrons. The van der Waals surface area contributed by atoms with Gasteiger partial charge in [-0.3, -0.25) is 4.98 Å². The van der Waals surface area contributed by atoms with Gasteiger partial charge in [-0.15, -0.1) is 0 Å². The van der Waals surface area contributed by atoms with E-state index < -0.39 is 0 Å². The minimum Gasteiger partial charge on any atom is -0.370 e. The van der Waals surface area contributed by atoms with E-state index in [0.717, 1.165) is 34.4 Å². The topological polar surface area (TPSA) is 60.4 Å². The summed E-state index contributed by atoms with van der Waals surface area (Å²) in [4.78, 5) is 16.1. The molecule has 2 fully saturated rings. The van der Waals surface area contributed by atoms with Crippen LogP contribution in [-0.4, -0.2) is 40.2 Å². The van der Waals surface area contributed by atoms with E-state index >= 15 is 0 Å². The number of aromatic nitrogens is 3. The predicted octanol–water partition coefficient (Wildman–Crippen LogP) is 6.13. The van der Waals surface area contributed by atoms with Crippen LogP contribution in [0.2, 0.25) is 5.28 Å². The van der Waals surface area contributed by atoms with Crippen molar-refractivity contribution >= 4 is 28.5 Å². The third-order valence-corrected chi connectivity index (χ3v) is 7.63. The van der Waals surface area contributed by atoms with E-state index in [9.17, 15) is 0 Å². The second-order valence-corrected chi connectivity index (χ2v) is 9.96. The lowest BCUT2D eigenvalue weighted by atomic mass is 9.94. The summed E-state index contributed by atoms with van der Waals surface area (Å²) in [5.41, 5.74) is 3.65. The minimum absolute atomic E-state index is 0.0673. The van der Waals surface area contributed by atoms with Crippen LogP contribution in [0.25, 0.3) is 11.0 Å². The van der Waals surface area contributed by atoms with Gasteiger partial charge in [0.25, 0.3) is 0 Å². The smallest absolute Gasteiger partial charge is 0.225 e. The molecule has 2 aliphatic rings. The van der Waals surface area contributed by atoms with Gasteiger partial charge < -0.3 is 14.4 Å². The normalized spacial score (nSPS) is 25.3. The molecule has 3 heterocycles. The van der Waals surface area contributed by atoms with Gasteiger partial charge in [-0.1, -0.05) is 57.0 Å². The molecule has 0 spiro atoms. The van der Waals surface area contributed by atoms with Gasteiger partial charge in [0.05, 0.1) is 24.3 Å². The molecule has 180 valence electrons. The second-order valence-electron chi connectivity index (χ2n) is 9.63. The third kappa shape index (κ3) is 4.64. The molecule has 5 rings (SSSR count). The SMILES string of the molecule is CC[C@H]1O[C@@H](c2cnc3c(N(C)C4CCCC4)nc(Cl)nc3c2)[C@H](OCc2ccccc2)[C@@H]1C. The Balaban J connectivity index is 1.45. The average Bonchev–Trinajstić information content (AvgIpc) is 3.50. The Hall–Kier alpha value is -2.28. The van der Waals surface area contributed by atoms with Crippen LogP contribution in [0.1, 0.15) is 63.2 Å². The lowest BCUT2D eigenvalue weighted by Crippen LogP contribution is -2.30. The highest BCUT2D eigenvalue weighted by molar-refractivity contribution is 6.28. The van der Waals surface area contributed by atoms with Crippen LogP contribution in [0.4, 0.5) is 5.82 Å². The van der Waals surface area contributed by atoms with Crippen molar-refractivity contribution in [1.82, 2.24) is 15.0 Å². The summed E-state index contributed by atoms with van der Waals surface area (Å²) >= 11 is 6.37. The highest BCUT2D eigenvalue weighted by Crippen LogP contribution is 2.41. The van der Waals surface area contributed by atoms with Gasteiger partial charge in [-0.2, -0.15) is 4.98 Å². The fourth-order valence-electron chi connectivity index (χ4n) is 5.48. The lowest BCUT2D eigenvalue weighted by Gasteiger charge is -2.26. The molecule has 1 aliphatic carbocycles. The van der Waals surface area contributed by atoms with E-state index in [4.69, 9.17) is 26.1 Å². The number of rotatable bonds is 7. The molecule has 2 aromatic heterocycles. The molecule has 1 saturated heterocycles. The predicted molar refractivity (Wildman–Crippen MR) is 135 cm³/mol. The first-order valence-electron chi connectivity index (χ1n) is 12.4. The number of hydrogen-bond donors (Lipinski definition) is 0. The van der Waals surface area contributed by atoms with E-state index in [1.165, 1.54) is 25.7 Å². The zero-order valence-corrected chi connectivity index (χ0v) is 20.9. The zero-order valence-electron chi connectivity index (χ0n) is 20.2. The van der Waals surface area contributed by atoms with E-state index in [1.54, 1.807) is 0 Å². The van der Waals surface area contributed by atoms with Crippen molar-refractivity contribution in [1.29, 1.82) is 0 Å². The van der Waals surface area contributed by atoms with Gasteiger partial charge in [-0.05, 0) is 42.5 Å². The number of halogens is 1. The standard InChI is InChI=1S/C27H33ClN4O2/c1-4-22-17(2)24(33-16-18-10-6-5-7-11-18)25(34-22)19-14-21-23(29-15-19)26(31-27(28)30-21)32(3)20-12-8-9-13-20/h5-7,10-11,14-15,17,20,22,24-25H,4,8-9,12-13,16H2,1-3H3/t17-,22-,24-,25+/m1/s1. The van der Waals surface area contributed by atoms with Gasteiger partial charge in [0.2, 0.25) is 5.28 Å². The number of fused-ring (bicyclic) bond motifs is 1. The van der Waals surface area contributed by atoms with Crippen LogP contribution in [0.5, 0.6) is 0 Å². The molecule has 0 unspecified atom stereocenters. The second kappa shape index (κ2) is 10.1. The Kier molecular flexibility index (Phi) is 7.00. The van der Waals surface area contributed by atoms with Crippen LogP contribution in [0.3, 0.4) is 0 Å². The van der Waals surface area contributed by atoms with Crippen LogP contribution in [-0.2, 0) is 16.1 Å². The van der Waals surface area contributed by atoms with Crippen molar-refractivity contribution in [2.75, 3.05) is 11.9 Å². The molecule has 34 heavy (non-hydrogen) atoms. The fraction of sp³-hybridized carbons (Fsp3) is 0.519. The highest BCUT2D eigenvalue weighted by atomic mass is 35.5. The summed E-state index contributed by atoms with van der Waals surface area (Å²) in [7, 11) is 2.09. The van der Waals surface area contributed by atoms with Crippen molar-refractivity contribution in [3.63, 3.8) is 0 Å². The van der Waals surface area contributed by atoms with Crippen molar-refractivity contribution < 1.29 is 9.47 Å². The molecule has 3 aromatic rings.